The lowest BCUT2D eigenvalue weighted by molar-refractivity contribution is -0.131. The molecule has 0 saturated carbocycles. The van der Waals surface area contributed by atoms with E-state index in [1.165, 1.54) is 12.1 Å². The number of aromatic nitrogens is 3. The third kappa shape index (κ3) is 4.94. The molecule has 30 heavy (non-hydrogen) atoms. The van der Waals surface area contributed by atoms with Crippen LogP contribution < -0.4 is 4.90 Å². The molecule has 0 unspecified atom stereocenters. The first-order chi connectivity index (χ1) is 14.6. The molecule has 9 heteroatoms. The summed E-state index contributed by atoms with van der Waals surface area (Å²) in [6, 6.07) is 9.63. The van der Waals surface area contributed by atoms with Crippen molar-refractivity contribution >= 4 is 23.3 Å². The van der Waals surface area contributed by atoms with Crippen LogP contribution >= 0.6 is 11.6 Å². The minimum atomic E-state index is -0.314. The van der Waals surface area contributed by atoms with Gasteiger partial charge in [0.15, 0.2) is 0 Å². The molecule has 3 heterocycles. The Kier molecular flexibility index (Phi) is 6.23. The van der Waals surface area contributed by atoms with Gasteiger partial charge in [0.05, 0.1) is 5.02 Å². The number of rotatable bonds is 6. The predicted molar refractivity (Wildman–Crippen MR) is 111 cm³/mol. The molecule has 0 spiro atoms. The van der Waals surface area contributed by atoms with Gasteiger partial charge in [0.1, 0.15) is 11.6 Å². The van der Waals surface area contributed by atoms with Gasteiger partial charge in [0, 0.05) is 50.8 Å². The van der Waals surface area contributed by atoms with Crippen LogP contribution in [0.4, 0.5) is 10.2 Å². The van der Waals surface area contributed by atoms with Gasteiger partial charge < -0.3 is 14.3 Å². The first-order valence-electron chi connectivity index (χ1n) is 9.81. The summed E-state index contributed by atoms with van der Waals surface area (Å²) in [5.74, 6) is 1.58. The number of hydrogen-bond acceptors (Lipinski definition) is 6. The molecule has 7 nitrogen and oxygen atoms in total. The Hall–Kier alpha value is -3.00. The van der Waals surface area contributed by atoms with E-state index in [1.807, 2.05) is 17.0 Å². The third-order valence-electron chi connectivity index (χ3n) is 5.02. The zero-order chi connectivity index (χ0) is 20.9. The smallest absolute Gasteiger partial charge is 0.226 e. The third-order valence-corrected chi connectivity index (χ3v) is 5.24. The van der Waals surface area contributed by atoms with Crippen molar-refractivity contribution in [1.82, 2.24) is 20.0 Å². The maximum Gasteiger partial charge on any atom is 0.226 e. The van der Waals surface area contributed by atoms with Gasteiger partial charge in [-0.3, -0.25) is 4.79 Å². The van der Waals surface area contributed by atoms with Gasteiger partial charge in [-0.1, -0.05) is 16.8 Å². The van der Waals surface area contributed by atoms with E-state index in [2.05, 4.69) is 20.0 Å². The molecular weight excluding hydrogens is 409 g/mol. The molecule has 1 aliphatic heterocycles. The fourth-order valence-corrected chi connectivity index (χ4v) is 3.47. The lowest BCUT2D eigenvalue weighted by Crippen LogP contribution is -2.49. The van der Waals surface area contributed by atoms with Crippen LogP contribution in [-0.4, -0.2) is 52.1 Å². The van der Waals surface area contributed by atoms with Crippen molar-refractivity contribution in [3.8, 4) is 11.4 Å². The first kappa shape index (κ1) is 20.3. The molecule has 2 aromatic heterocycles. The molecule has 0 N–H and O–H groups in total. The SMILES string of the molecule is O=C(CCCc1nc(-c2ccc(F)cc2)no1)N1CCN(c2ccc(Cl)cn2)CC1. The Morgan fingerprint density at radius 2 is 1.87 bits per heavy atom. The van der Waals surface area contributed by atoms with Gasteiger partial charge in [-0.2, -0.15) is 4.98 Å². The summed E-state index contributed by atoms with van der Waals surface area (Å²) in [5.41, 5.74) is 0.690. The summed E-state index contributed by atoms with van der Waals surface area (Å²) in [6.07, 6.45) is 3.21. The minimum absolute atomic E-state index is 0.122. The highest BCUT2D eigenvalue weighted by atomic mass is 35.5. The highest BCUT2D eigenvalue weighted by Gasteiger charge is 2.21. The van der Waals surface area contributed by atoms with E-state index in [9.17, 15) is 9.18 Å². The fraction of sp³-hybridized carbons (Fsp3) is 0.333. The quantitative estimate of drug-likeness (QED) is 0.596. The van der Waals surface area contributed by atoms with E-state index in [1.54, 1.807) is 18.3 Å². The van der Waals surface area contributed by atoms with Crippen LogP contribution in [0.3, 0.4) is 0 Å². The summed E-state index contributed by atoms with van der Waals surface area (Å²) in [4.78, 5) is 25.2. The van der Waals surface area contributed by atoms with Crippen molar-refractivity contribution in [2.24, 2.45) is 0 Å². The Balaban J connectivity index is 1.22. The van der Waals surface area contributed by atoms with Crippen molar-refractivity contribution in [3.05, 3.63) is 59.3 Å². The van der Waals surface area contributed by atoms with E-state index >= 15 is 0 Å². The summed E-state index contributed by atoms with van der Waals surface area (Å²) >= 11 is 5.88. The van der Waals surface area contributed by atoms with Crippen LogP contribution in [0.25, 0.3) is 11.4 Å². The molecule has 1 amide bonds. The number of nitrogens with zero attached hydrogens (tertiary/aromatic N) is 5. The van der Waals surface area contributed by atoms with Crippen molar-refractivity contribution in [2.75, 3.05) is 31.1 Å². The zero-order valence-corrected chi connectivity index (χ0v) is 17.1. The fourth-order valence-electron chi connectivity index (χ4n) is 3.36. The van der Waals surface area contributed by atoms with Gasteiger partial charge in [-0.25, -0.2) is 9.37 Å². The summed E-state index contributed by atoms with van der Waals surface area (Å²) in [6.45, 7) is 2.81. The van der Waals surface area contributed by atoms with Gasteiger partial charge in [0.2, 0.25) is 17.6 Å². The van der Waals surface area contributed by atoms with Crippen molar-refractivity contribution in [2.45, 2.75) is 19.3 Å². The maximum absolute atomic E-state index is 13.0. The second kappa shape index (κ2) is 9.21. The van der Waals surface area contributed by atoms with Crippen LogP contribution in [-0.2, 0) is 11.2 Å². The van der Waals surface area contributed by atoms with E-state index in [0.29, 0.717) is 54.7 Å². The molecule has 156 valence electrons. The molecule has 3 aromatic rings. The number of pyridine rings is 1. The summed E-state index contributed by atoms with van der Waals surface area (Å²) in [7, 11) is 0. The van der Waals surface area contributed by atoms with Crippen molar-refractivity contribution in [1.29, 1.82) is 0 Å². The molecule has 0 bridgehead atoms. The largest absolute Gasteiger partial charge is 0.353 e. The number of carbonyl (C=O) groups is 1. The molecule has 1 saturated heterocycles. The van der Waals surface area contributed by atoms with Crippen LogP contribution in [0.5, 0.6) is 0 Å². The van der Waals surface area contributed by atoms with Gasteiger partial charge in [0.25, 0.3) is 0 Å². The molecule has 0 radical (unpaired) electrons. The number of benzene rings is 1. The molecule has 1 fully saturated rings. The molecular formula is C21H21ClFN5O2. The second-order valence-corrected chi connectivity index (χ2v) is 7.51. The second-order valence-electron chi connectivity index (χ2n) is 7.07. The topological polar surface area (TPSA) is 75.4 Å². The van der Waals surface area contributed by atoms with Crippen molar-refractivity contribution in [3.63, 3.8) is 0 Å². The Morgan fingerprint density at radius 1 is 1.10 bits per heavy atom. The minimum Gasteiger partial charge on any atom is -0.353 e. The first-order valence-corrected chi connectivity index (χ1v) is 10.2. The Labute approximate surface area is 178 Å². The Morgan fingerprint density at radius 3 is 2.57 bits per heavy atom. The van der Waals surface area contributed by atoms with Crippen LogP contribution in [0.15, 0.2) is 47.1 Å². The number of piperazine rings is 1. The van der Waals surface area contributed by atoms with Crippen LogP contribution in [0, 0.1) is 5.82 Å². The van der Waals surface area contributed by atoms with Gasteiger partial charge in [-0.05, 0) is 42.8 Å². The van der Waals surface area contributed by atoms with E-state index in [4.69, 9.17) is 16.1 Å². The highest BCUT2D eigenvalue weighted by Crippen LogP contribution is 2.18. The average molecular weight is 430 g/mol. The highest BCUT2D eigenvalue weighted by molar-refractivity contribution is 6.30. The standard InChI is InChI=1S/C21H21ClFN5O2/c22-16-6-9-18(24-14-16)27-10-12-28(13-11-27)20(29)3-1-2-19-25-21(26-30-19)15-4-7-17(23)8-5-15/h4-9,14H,1-3,10-13H2. The number of carbonyl (C=O) groups excluding carboxylic acids is 1. The summed E-state index contributed by atoms with van der Waals surface area (Å²) < 4.78 is 18.3. The monoisotopic (exact) mass is 429 g/mol. The van der Waals surface area contributed by atoms with Gasteiger partial charge in [-0.15, -0.1) is 0 Å². The number of aryl methyl sites for hydroxylation is 1. The Bertz CT molecular complexity index is 985. The number of halogens is 2. The molecule has 0 atom stereocenters. The zero-order valence-electron chi connectivity index (χ0n) is 16.3. The van der Waals surface area contributed by atoms with Crippen LogP contribution in [0.1, 0.15) is 18.7 Å². The lowest BCUT2D eigenvalue weighted by atomic mass is 10.2. The summed E-state index contributed by atoms with van der Waals surface area (Å²) in [5, 5.41) is 4.53. The maximum atomic E-state index is 13.0. The molecule has 4 rings (SSSR count). The molecule has 0 aliphatic carbocycles. The molecule has 1 aliphatic rings. The van der Waals surface area contributed by atoms with E-state index in [-0.39, 0.29) is 11.7 Å². The normalized spacial score (nSPS) is 14.2. The van der Waals surface area contributed by atoms with E-state index in [0.717, 1.165) is 18.9 Å². The van der Waals surface area contributed by atoms with Crippen LogP contribution in [0.2, 0.25) is 5.02 Å². The van der Waals surface area contributed by atoms with Crippen molar-refractivity contribution < 1.29 is 13.7 Å². The predicted octanol–water partition coefficient (Wildman–Crippen LogP) is 3.60. The average Bonchev–Trinajstić information content (AvgIpc) is 3.24. The number of hydrogen-bond donors (Lipinski definition) is 0. The lowest BCUT2D eigenvalue weighted by Gasteiger charge is -2.35. The number of amides is 1. The number of anilines is 1. The molecule has 1 aromatic carbocycles. The van der Waals surface area contributed by atoms with E-state index < -0.39 is 0 Å². The van der Waals surface area contributed by atoms with Gasteiger partial charge >= 0.3 is 0 Å².